The number of fused-ring (bicyclic) bond motifs is 1. The maximum Gasteiger partial charge on any atom is 0.121 e. The van der Waals surface area contributed by atoms with Gasteiger partial charge in [0.15, 0.2) is 0 Å². The van der Waals surface area contributed by atoms with Gasteiger partial charge in [0.25, 0.3) is 0 Å². The Balaban J connectivity index is 1.91. The molecule has 0 amide bonds. The molecule has 1 N–H and O–H groups in total. The maximum absolute atomic E-state index is 4.41. The summed E-state index contributed by atoms with van der Waals surface area (Å²) < 4.78 is 6.34. The van der Waals surface area contributed by atoms with E-state index in [4.69, 9.17) is 0 Å². The molecule has 0 aliphatic rings. The van der Waals surface area contributed by atoms with Crippen molar-refractivity contribution >= 4 is 33.1 Å². The SMILES string of the molecule is CC(C)n1cc(Nc2snc3ccccc23)cn1. The second kappa shape index (κ2) is 4.42. The number of nitrogens with one attached hydrogen (secondary N) is 1. The lowest BCUT2D eigenvalue weighted by molar-refractivity contribution is 0.532. The van der Waals surface area contributed by atoms with Crippen LogP contribution >= 0.6 is 11.5 Å². The molecule has 2 heterocycles. The Hall–Kier alpha value is -1.88. The van der Waals surface area contributed by atoms with Gasteiger partial charge in [0, 0.05) is 17.6 Å². The summed E-state index contributed by atoms with van der Waals surface area (Å²) in [5.74, 6) is 0. The Morgan fingerprint density at radius 3 is 2.89 bits per heavy atom. The van der Waals surface area contributed by atoms with E-state index in [-0.39, 0.29) is 0 Å². The van der Waals surface area contributed by atoms with Crippen molar-refractivity contribution in [2.75, 3.05) is 5.32 Å². The number of rotatable bonds is 3. The fourth-order valence-electron chi connectivity index (χ4n) is 1.80. The molecule has 0 spiro atoms. The lowest BCUT2D eigenvalue weighted by Crippen LogP contribution is -1.99. The van der Waals surface area contributed by atoms with Gasteiger partial charge in [-0.05, 0) is 37.5 Å². The first kappa shape index (κ1) is 11.2. The predicted molar refractivity (Wildman–Crippen MR) is 75.5 cm³/mol. The maximum atomic E-state index is 4.41. The van der Waals surface area contributed by atoms with Gasteiger partial charge in [0.2, 0.25) is 0 Å². The molecule has 3 aromatic rings. The molecular weight excluding hydrogens is 244 g/mol. The van der Waals surface area contributed by atoms with Crippen LogP contribution in [0.4, 0.5) is 10.7 Å². The largest absolute Gasteiger partial charge is 0.343 e. The molecule has 0 radical (unpaired) electrons. The second-order valence-corrected chi connectivity index (χ2v) is 5.23. The quantitative estimate of drug-likeness (QED) is 0.776. The average molecular weight is 258 g/mol. The summed E-state index contributed by atoms with van der Waals surface area (Å²) in [6.45, 7) is 4.22. The third kappa shape index (κ3) is 1.97. The third-order valence-corrected chi connectivity index (χ3v) is 3.56. The first-order chi connectivity index (χ1) is 8.74. The van der Waals surface area contributed by atoms with Gasteiger partial charge < -0.3 is 5.32 Å². The van der Waals surface area contributed by atoms with Crippen LogP contribution in [0.2, 0.25) is 0 Å². The van der Waals surface area contributed by atoms with Crippen LogP contribution in [-0.2, 0) is 0 Å². The van der Waals surface area contributed by atoms with Gasteiger partial charge >= 0.3 is 0 Å². The Labute approximate surface area is 109 Å². The highest BCUT2D eigenvalue weighted by molar-refractivity contribution is 7.11. The minimum Gasteiger partial charge on any atom is -0.343 e. The van der Waals surface area contributed by atoms with Crippen LogP contribution in [0.3, 0.4) is 0 Å². The molecule has 0 saturated carbocycles. The zero-order valence-electron chi connectivity index (χ0n) is 10.3. The summed E-state index contributed by atoms with van der Waals surface area (Å²) in [5, 5.41) is 9.91. The van der Waals surface area contributed by atoms with E-state index in [1.807, 2.05) is 35.3 Å². The van der Waals surface area contributed by atoms with Gasteiger partial charge in [-0.2, -0.15) is 9.47 Å². The van der Waals surface area contributed by atoms with Crippen LogP contribution in [0.5, 0.6) is 0 Å². The molecule has 2 aromatic heterocycles. The molecular formula is C13H14N4S. The number of nitrogens with zero attached hydrogens (tertiary/aromatic N) is 3. The molecule has 0 aliphatic carbocycles. The van der Waals surface area contributed by atoms with Crippen molar-refractivity contribution in [2.45, 2.75) is 19.9 Å². The number of hydrogen-bond donors (Lipinski definition) is 1. The first-order valence-corrected chi connectivity index (χ1v) is 6.67. The summed E-state index contributed by atoms with van der Waals surface area (Å²) in [6.07, 6.45) is 3.85. The summed E-state index contributed by atoms with van der Waals surface area (Å²) >= 11 is 1.48. The minimum absolute atomic E-state index is 0.374. The fourth-order valence-corrected chi connectivity index (χ4v) is 2.58. The summed E-state index contributed by atoms with van der Waals surface area (Å²) in [5.41, 5.74) is 2.03. The van der Waals surface area contributed by atoms with Crippen LogP contribution < -0.4 is 5.32 Å². The molecule has 1 aromatic carbocycles. The number of benzene rings is 1. The van der Waals surface area contributed by atoms with Gasteiger partial charge in [-0.15, -0.1) is 0 Å². The standard InChI is InChI=1S/C13H14N4S/c1-9(2)17-8-10(7-14-17)15-13-11-5-3-4-6-12(11)16-18-13/h3-9,15H,1-2H3. The molecule has 0 saturated heterocycles. The van der Waals surface area contributed by atoms with Crippen LogP contribution in [0.15, 0.2) is 36.7 Å². The predicted octanol–water partition coefficient (Wildman–Crippen LogP) is 3.82. The van der Waals surface area contributed by atoms with Crippen molar-refractivity contribution in [1.29, 1.82) is 0 Å². The van der Waals surface area contributed by atoms with E-state index in [0.29, 0.717) is 6.04 Å². The van der Waals surface area contributed by atoms with Crippen molar-refractivity contribution in [3.8, 4) is 0 Å². The highest BCUT2D eigenvalue weighted by atomic mass is 32.1. The Bertz CT molecular complexity index is 668. The van der Waals surface area contributed by atoms with Crippen LogP contribution in [-0.4, -0.2) is 14.2 Å². The average Bonchev–Trinajstić information content (AvgIpc) is 2.98. The van der Waals surface area contributed by atoms with Crippen molar-refractivity contribution in [3.05, 3.63) is 36.7 Å². The summed E-state index contributed by atoms with van der Waals surface area (Å²) in [6, 6.07) is 8.50. The van der Waals surface area contributed by atoms with Gasteiger partial charge in [-0.3, -0.25) is 4.68 Å². The van der Waals surface area contributed by atoms with E-state index in [1.165, 1.54) is 11.5 Å². The van der Waals surface area contributed by atoms with Crippen LogP contribution in [0, 0.1) is 0 Å². The molecule has 3 rings (SSSR count). The van der Waals surface area contributed by atoms with Gasteiger partial charge in [0.1, 0.15) is 5.00 Å². The number of anilines is 2. The van der Waals surface area contributed by atoms with E-state index in [9.17, 15) is 0 Å². The zero-order valence-corrected chi connectivity index (χ0v) is 11.1. The smallest absolute Gasteiger partial charge is 0.121 e. The summed E-state index contributed by atoms with van der Waals surface area (Å²) in [7, 11) is 0. The molecule has 0 fully saturated rings. The molecule has 0 unspecified atom stereocenters. The highest BCUT2D eigenvalue weighted by Gasteiger charge is 2.07. The van der Waals surface area contributed by atoms with Gasteiger partial charge in [-0.1, -0.05) is 12.1 Å². The van der Waals surface area contributed by atoms with E-state index < -0.39 is 0 Å². The molecule has 4 nitrogen and oxygen atoms in total. The third-order valence-electron chi connectivity index (χ3n) is 2.77. The monoisotopic (exact) mass is 258 g/mol. The van der Waals surface area contributed by atoms with Crippen LogP contribution in [0.25, 0.3) is 10.9 Å². The van der Waals surface area contributed by atoms with E-state index in [2.05, 4.69) is 34.7 Å². The summed E-state index contributed by atoms with van der Waals surface area (Å²) in [4.78, 5) is 0. The molecule has 5 heteroatoms. The van der Waals surface area contributed by atoms with E-state index >= 15 is 0 Å². The van der Waals surface area contributed by atoms with Crippen molar-refractivity contribution in [3.63, 3.8) is 0 Å². The molecule has 0 aliphatic heterocycles. The van der Waals surface area contributed by atoms with E-state index in [0.717, 1.165) is 21.6 Å². The van der Waals surface area contributed by atoms with E-state index in [1.54, 1.807) is 0 Å². The molecule has 0 bridgehead atoms. The number of hydrogen-bond acceptors (Lipinski definition) is 4. The molecule has 92 valence electrons. The topological polar surface area (TPSA) is 42.7 Å². The zero-order chi connectivity index (χ0) is 12.5. The fraction of sp³-hybridized carbons (Fsp3) is 0.231. The van der Waals surface area contributed by atoms with Crippen molar-refractivity contribution < 1.29 is 0 Å². The van der Waals surface area contributed by atoms with Crippen LogP contribution in [0.1, 0.15) is 19.9 Å². The van der Waals surface area contributed by atoms with Gasteiger partial charge in [-0.25, -0.2) is 0 Å². The number of aromatic nitrogens is 3. The van der Waals surface area contributed by atoms with Gasteiger partial charge in [0.05, 0.1) is 17.4 Å². The Morgan fingerprint density at radius 2 is 2.11 bits per heavy atom. The Morgan fingerprint density at radius 1 is 1.28 bits per heavy atom. The highest BCUT2D eigenvalue weighted by Crippen LogP contribution is 2.30. The van der Waals surface area contributed by atoms with Crippen molar-refractivity contribution in [1.82, 2.24) is 14.2 Å². The second-order valence-electron chi connectivity index (χ2n) is 4.46. The first-order valence-electron chi connectivity index (χ1n) is 5.89. The van der Waals surface area contributed by atoms with Crippen molar-refractivity contribution in [2.24, 2.45) is 0 Å². The molecule has 0 atom stereocenters. The lowest BCUT2D eigenvalue weighted by atomic mass is 10.2. The lowest BCUT2D eigenvalue weighted by Gasteiger charge is -2.03. The minimum atomic E-state index is 0.374. The normalized spacial score (nSPS) is 11.3. The Kier molecular flexibility index (Phi) is 2.76. The molecule has 18 heavy (non-hydrogen) atoms.